The Labute approximate surface area is 301 Å². The Morgan fingerprint density at radius 3 is 1.31 bits per heavy atom. The standard InChI is InChI=1S/C44H30N4.Mg/c1-5-13-29(14-6-1)41-33-21-23-35(45-33)42(30-15-7-2-8-16-30)37-25-27-39(47-37)44(32-19-11-4-12-20-32)40-28-26-38(48-40)43(31-17-9-3-10-18-31)36-24-22-34(41)46-36;/h1-19,21-28,32H,20H2;/q-2;+2. The normalized spacial score (nSPS) is 14.6. The predicted molar refractivity (Wildman–Crippen MR) is 204 cm³/mol. The van der Waals surface area contributed by atoms with Crippen molar-refractivity contribution < 1.29 is 0 Å². The smallest absolute Gasteiger partial charge is 0.657 e. The van der Waals surface area contributed by atoms with E-state index in [1.807, 2.05) is 18.2 Å². The summed E-state index contributed by atoms with van der Waals surface area (Å²) in [5.41, 5.74) is 14.4. The summed E-state index contributed by atoms with van der Waals surface area (Å²) >= 11 is 0. The van der Waals surface area contributed by atoms with Gasteiger partial charge < -0.3 is 9.97 Å². The average molecular weight is 639 g/mol. The summed E-state index contributed by atoms with van der Waals surface area (Å²) < 4.78 is 0. The molecule has 1 atom stereocenters. The average Bonchev–Trinajstić information content (AvgIpc) is 3.98. The Morgan fingerprint density at radius 1 is 0.449 bits per heavy atom. The first-order valence-electron chi connectivity index (χ1n) is 16.4. The first kappa shape index (κ1) is 30.8. The van der Waals surface area contributed by atoms with E-state index in [9.17, 15) is 0 Å². The zero-order chi connectivity index (χ0) is 31.9. The minimum atomic E-state index is 0. The van der Waals surface area contributed by atoms with Gasteiger partial charge >= 0.3 is 23.1 Å². The molecule has 0 N–H and O–H groups in total. The molecule has 0 radical (unpaired) electrons. The molecule has 3 aliphatic rings. The van der Waals surface area contributed by atoms with E-state index in [0.717, 1.165) is 90.2 Å². The van der Waals surface area contributed by atoms with Crippen molar-refractivity contribution in [3.05, 3.63) is 168 Å². The number of hydrogen-bond donors (Lipinski definition) is 0. The molecule has 1 unspecified atom stereocenters. The van der Waals surface area contributed by atoms with Crippen molar-refractivity contribution in [2.24, 2.45) is 0 Å². The Hall–Kier alpha value is -5.49. The molecule has 3 aromatic carbocycles. The number of allylic oxidation sites excluding steroid dienone is 4. The molecular weight excluding hydrogens is 609 g/mol. The largest absolute Gasteiger partial charge is 2.00 e. The van der Waals surface area contributed by atoms with Crippen LogP contribution in [0.25, 0.3) is 79.8 Å². The van der Waals surface area contributed by atoms with E-state index in [-0.39, 0.29) is 29.0 Å². The molecule has 0 fully saturated rings. The molecule has 5 heteroatoms. The first-order valence-corrected chi connectivity index (χ1v) is 16.4. The van der Waals surface area contributed by atoms with Crippen LogP contribution in [-0.4, -0.2) is 33.0 Å². The van der Waals surface area contributed by atoms with E-state index in [2.05, 4.69) is 146 Å². The Balaban J connectivity index is 0.00000348. The van der Waals surface area contributed by atoms with Crippen molar-refractivity contribution in [3.8, 4) is 33.4 Å². The van der Waals surface area contributed by atoms with Gasteiger partial charge in [-0.05, 0) is 69.7 Å². The SMILES string of the molecule is C1=CCC(c2c3nc(c(-c4ccccc4)c4ccc([n-]4)c(-c4ccccc4)c4nc(c(-c5ccccc5)c5ccc2[n-]5)C=C4)C=C3)C=C1.[Mg+2]. The molecule has 228 valence electrons. The monoisotopic (exact) mass is 638 g/mol. The van der Waals surface area contributed by atoms with Crippen LogP contribution in [0.2, 0.25) is 0 Å². The maximum absolute atomic E-state index is 5.35. The fourth-order valence-corrected chi connectivity index (χ4v) is 6.99. The Morgan fingerprint density at radius 2 is 0.857 bits per heavy atom. The van der Waals surface area contributed by atoms with Gasteiger partial charge in [-0.2, -0.15) is 0 Å². The van der Waals surface area contributed by atoms with Gasteiger partial charge in [0.15, 0.2) is 0 Å². The molecule has 8 bridgehead atoms. The summed E-state index contributed by atoms with van der Waals surface area (Å²) in [4.78, 5) is 21.3. The third-order valence-corrected chi connectivity index (χ3v) is 9.19. The van der Waals surface area contributed by atoms with Gasteiger partial charge in [0.2, 0.25) is 0 Å². The number of hydrogen-bond acceptors (Lipinski definition) is 2. The van der Waals surface area contributed by atoms with Crippen LogP contribution in [0, 0.1) is 0 Å². The van der Waals surface area contributed by atoms with Gasteiger partial charge in [-0.3, -0.25) is 0 Å². The third-order valence-electron chi connectivity index (χ3n) is 9.19. The van der Waals surface area contributed by atoms with E-state index < -0.39 is 0 Å². The quantitative estimate of drug-likeness (QED) is 0.180. The number of benzene rings is 3. The summed E-state index contributed by atoms with van der Waals surface area (Å²) in [5, 5.41) is 0. The summed E-state index contributed by atoms with van der Waals surface area (Å²) in [7, 11) is 0. The van der Waals surface area contributed by atoms with E-state index in [4.69, 9.17) is 19.9 Å². The maximum atomic E-state index is 5.35. The second kappa shape index (κ2) is 13.2. The molecule has 6 aromatic rings. The van der Waals surface area contributed by atoms with Crippen molar-refractivity contribution in [3.63, 3.8) is 0 Å². The van der Waals surface area contributed by atoms with Crippen LogP contribution in [-0.2, 0) is 0 Å². The third kappa shape index (κ3) is 5.71. The molecule has 9 rings (SSSR count). The van der Waals surface area contributed by atoms with Crippen LogP contribution in [0.4, 0.5) is 0 Å². The fraction of sp³-hybridized carbons (Fsp3) is 0.0455. The van der Waals surface area contributed by atoms with Gasteiger partial charge in [0.05, 0.1) is 22.8 Å². The second-order valence-electron chi connectivity index (χ2n) is 12.2. The van der Waals surface area contributed by atoms with Crippen molar-refractivity contribution >= 4 is 69.4 Å². The fourth-order valence-electron chi connectivity index (χ4n) is 6.99. The molecule has 0 amide bonds. The van der Waals surface area contributed by atoms with Crippen LogP contribution < -0.4 is 9.97 Å². The molecule has 0 saturated heterocycles. The van der Waals surface area contributed by atoms with Crippen LogP contribution in [0.3, 0.4) is 0 Å². The summed E-state index contributed by atoms with van der Waals surface area (Å²) in [6.45, 7) is 0. The van der Waals surface area contributed by atoms with Gasteiger partial charge in [0.25, 0.3) is 0 Å². The molecule has 4 nitrogen and oxygen atoms in total. The van der Waals surface area contributed by atoms with Crippen LogP contribution in [0.5, 0.6) is 0 Å². The topological polar surface area (TPSA) is 54.0 Å². The van der Waals surface area contributed by atoms with Crippen molar-refractivity contribution in [1.82, 2.24) is 19.9 Å². The Bertz CT molecular complexity index is 2430. The van der Waals surface area contributed by atoms with Crippen molar-refractivity contribution in [2.45, 2.75) is 12.3 Å². The molecule has 0 spiro atoms. The number of aromatic nitrogens is 4. The Kier molecular flexibility index (Phi) is 8.30. The first-order chi connectivity index (χ1) is 23.8. The minimum absolute atomic E-state index is 0. The van der Waals surface area contributed by atoms with Crippen LogP contribution in [0.1, 0.15) is 40.7 Å². The zero-order valence-electron chi connectivity index (χ0n) is 26.9. The number of nitrogens with zero attached hydrogens (tertiary/aromatic N) is 4. The number of fused-ring (bicyclic) bond motifs is 8. The number of rotatable bonds is 4. The molecule has 49 heavy (non-hydrogen) atoms. The van der Waals surface area contributed by atoms with E-state index in [1.165, 1.54) is 0 Å². The van der Waals surface area contributed by atoms with Crippen LogP contribution >= 0.6 is 0 Å². The van der Waals surface area contributed by atoms with E-state index in [1.54, 1.807) is 0 Å². The molecule has 0 saturated carbocycles. The summed E-state index contributed by atoms with van der Waals surface area (Å²) in [5.74, 6) is 0.148. The van der Waals surface area contributed by atoms with Crippen molar-refractivity contribution in [1.29, 1.82) is 0 Å². The van der Waals surface area contributed by atoms with E-state index in [0.29, 0.717) is 0 Å². The van der Waals surface area contributed by atoms with Gasteiger partial charge in [-0.25, -0.2) is 9.97 Å². The minimum Gasteiger partial charge on any atom is -0.657 e. The maximum Gasteiger partial charge on any atom is 2.00 e. The second-order valence-corrected chi connectivity index (χ2v) is 12.2. The van der Waals surface area contributed by atoms with Crippen molar-refractivity contribution in [2.75, 3.05) is 0 Å². The molecule has 5 heterocycles. The zero-order valence-corrected chi connectivity index (χ0v) is 28.3. The predicted octanol–water partition coefficient (Wildman–Crippen LogP) is 10.1. The van der Waals surface area contributed by atoms with E-state index >= 15 is 0 Å². The molecule has 2 aliphatic heterocycles. The molecule has 1 aliphatic carbocycles. The van der Waals surface area contributed by atoms with Gasteiger partial charge in [0.1, 0.15) is 0 Å². The molecule has 3 aromatic heterocycles. The van der Waals surface area contributed by atoms with Gasteiger partial charge in [-0.15, -0.1) is 22.1 Å². The summed E-state index contributed by atoms with van der Waals surface area (Å²) in [6, 6.07) is 39.8. The summed E-state index contributed by atoms with van der Waals surface area (Å²) in [6.07, 6.45) is 18.1. The van der Waals surface area contributed by atoms with Crippen LogP contribution in [0.15, 0.2) is 140 Å². The molecular formula is C44H30MgN4. The van der Waals surface area contributed by atoms with Gasteiger partial charge in [-0.1, -0.05) is 140 Å². The van der Waals surface area contributed by atoms with Gasteiger partial charge in [0, 0.05) is 5.92 Å².